The monoisotopic (exact) mass is 219 g/mol. The fourth-order valence-electron chi connectivity index (χ4n) is 1.03. The number of rotatable bonds is 8. The van der Waals surface area contributed by atoms with Crippen molar-refractivity contribution in [2.24, 2.45) is 11.7 Å². The van der Waals surface area contributed by atoms with Gasteiger partial charge in [0.25, 0.3) is 0 Å². The Bertz CT molecular complexity index is 162. The summed E-state index contributed by atoms with van der Waals surface area (Å²) in [5.41, 5.74) is 5.37. The Kier molecular flexibility index (Phi) is 7.99. The lowest BCUT2D eigenvalue weighted by atomic mass is 10.1. The van der Waals surface area contributed by atoms with Gasteiger partial charge in [-0.05, 0) is 30.3 Å². The van der Waals surface area contributed by atoms with Crippen LogP contribution in [-0.4, -0.2) is 28.6 Å². The van der Waals surface area contributed by atoms with E-state index in [0.717, 1.165) is 17.4 Å². The molecule has 0 fully saturated rings. The molecule has 0 unspecified atom stereocenters. The maximum Gasteiger partial charge on any atom is 0.320 e. The number of hydrogen-bond donors (Lipinski definition) is 2. The van der Waals surface area contributed by atoms with Crippen LogP contribution in [0.3, 0.4) is 0 Å². The number of carboxylic acids is 1. The molecule has 14 heavy (non-hydrogen) atoms. The van der Waals surface area contributed by atoms with Gasteiger partial charge in [-0.1, -0.05) is 20.3 Å². The molecule has 0 spiro atoms. The smallest absolute Gasteiger partial charge is 0.320 e. The van der Waals surface area contributed by atoms with E-state index in [1.807, 2.05) is 0 Å². The minimum absolute atomic E-state index is 0.571. The van der Waals surface area contributed by atoms with Crippen LogP contribution in [0, 0.1) is 5.92 Å². The topological polar surface area (TPSA) is 63.3 Å². The fourth-order valence-corrected chi connectivity index (χ4v) is 2.02. The Morgan fingerprint density at radius 2 is 2.00 bits per heavy atom. The number of carbonyl (C=O) groups is 1. The Hall–Kier alpha value is -0.220. The molecule has 0 aromatic heterocycles. The Morgan fingerprint density at radius 1 is 1.36 bits per heavy atom. The van der Waals surface area contributed by atoms with Crippen molar-refractivity contribution in [2.45, 2.75) is 39.2 Å². The van der Waals surface area contributed by atoms with Crippen LogP contribution in [0.2, 0.25) is 0 Å². The van der Waals surface area contributed by atoms with Crippen molar-refractivity contribution < 1.29 is 9.90 Å². The van der Waals surface area contributed by atoms with Crippen molar-refractivity contribution in [3.63, 3.8) is 0 Å². The highest BCUT2D eigenvalue weighted by Gasteiger charge is 2.09. The Morgan fingerprint density at radius 3 is 2.50 bits per heavy atom. The van der Waals surface area contributed by atoms with Crippen molar-refractivity contribution in [1.29, 1.82) is 0 Å². The highest BCUT2D eigenvalue weighted by molar-refractivity contribution is 7.99. The van der Waals surface area contributed by atoms with Crippen molar-refractivity contribution in [3.8, 4) is 0 Å². The van der Waals surface area contributed by atoms with Gasteiger partial charge in [0, 0.05) is 0 Å². The summed E-state index contributed by atoms with van der Waals surface area (Å²) in [6, 6.07) is -0.687. The second-order valence-corrected chi connectivity index (χ2v) is 5.11. The molecule has 0 heterocycles. The van der Waals surface area contributed by atoms with Gasteiger partial charge >= 0.3 is 5.97 Å². The first-order chi connectivity index (χ1) is 6.54. The molecular formula is C10H21NO2S. The molecule has 0 aliphatic heterocycles. The van der Waals surface area contributed by atoms with E-state index >= 15 is 0 Å². The van der Waals surface area contributed by atoms with Gasteiger partial charge in [-0.15, -0.1) is 0 Å². The van der Waals surface area contributed by atoms with Gasteiger partial charge in [0.2, 0.25) is 0 Å². The highest BCUT2D eigenvalue weighted by Crippen LogP contribution is 2.11. The normalized spacial score (nSPS) is 13.1. The maximum absolute atomic E-state index is 10.4. The molecule has 0 radical (unpaired) electrons. The summed E-state index contributed by atoms with van der Waals surface area (Å²) in [5.74, 6) is 1.83. The molecule has 0 aliphatic rings. The lowest BCUT2D eigenvalue weighted by Gasteiger charge is -2.06. The SMILES string of the molecule is CC(C)CCCSCC[C@H](N)C(=O)O. The second kappa shape index (κ2) is 8.12. The van der Waals surface area contributed by atoms with Crippen LogP contribution >= 0.6 is 11.8 Å². The summed E-state index contributed by atoms with van der Waals surface area (Å²) >= 11 is 1.80. The summed E-state index contributed by atoms with van der Waals surface area (Å²) in [6.45, 7) is 4.43. The molecule has 1 atom stereocenters. The molecular weight excluding hydrogens is 198 g/mol. The van der Waals surface area contributed by atoms with Gasteiger partial charge in [0.1, 0.15) is 6.04 Å². The number of hydrogen-bond acceptors (Lipinski definition) is 3. The van der Waals surface area contributed by atoms with E-state index in [-0.39, 0.29) is 0 Å². The Balaban J connectivity index is 3.17. The molecule has 4 heteroatoms. The average molecular weight is 219 g/mol. The van der Waals surface area contributed by atoms with Gasteiger partial charge < -0.3 is 10.8 Å². The van der Waals surface area contributed by atoms with Crippen LogP contribution in [-0.2, 0) is 4.79 Å². The largest absolute Gasteiger partial charge is 0.480 e. The van der Waals surface area contributed by atoms with Crippen molar-refractivity contribution in [2.75, 3.05) is 11.5 Å². The van der Waals surface area contributed by atoms with E-state index in [1.165, 1.54) is 12.8 Å². The Labute approximate surface area is 90.4 Å². The average Bonchev–Trinajstić information content (AvgIpc) is 2.09. The molecule has 0 saturated carbocycles. The van der Waals surface area contributed by atoms with Crippen molar-refractivity contribution >= 4 is 17.7 Å². The zero-order chi connectivity index (χ0) is 11.0. The first-order valence-corrected chi connectivity index (χ1v) is 6.25. The molecule has 84 valence electrons. The third kappa shape index (κ3) is 8.38. The van der Waals surface area contributed by atoms with E-state index in [4.69, 9.17) is 10.8 Å². The number of nitrogens with two attached hydrogens (primary N) is 1. The first-order valence-electron chi connectivity index (χ1n) is 5.10. The lowest BCUT2D eigenvalue weighted by Crippen LogP contribution is -2.30. The quantitative estimate of drug-likeness (QED) is 0.613. The van der Waals surface area contributed by atoms with E-state index < -0.39 is 12.0 Å². The molecule has 0 aromatic carbocycles. The summed E-state index contributed by atoms with van der Waals surface area (Å²) in [5, 5.41) is 8.52. The second-order valence-electron chi connectivity index (χ2n) is 3.88. The van der Waals surface area contributed by atoms with E-state index in [0.29, 0.717) is 6.42 Å². The van der Waals surface area contributed by atoms with Crippen LogP contribution < -0.4 is 5.73 Å². The summed E-state index contributed by atoms with van der Waals surface area (Å²) in [6.07, 6.45) is 3.03. The third-order valence-electron chi connectivity index (χ3n) is 1.96. The molecule has 0 aliphatic carbocycles. The zero-order valence-electron chi connectivity index (χ0n) is 9.03. The van der Waals surface area contributed by atoms with Crippen LogP contribution in [0.25, 0.3) is 0 Å². The molecule has 0 amide bonds. The number of carboxylic acid groups (broad SMARTS) is 1. The molecule has 3 nitrogen and oxygen atoms in total. The highest BCUT2D eigenvalue weighted by atomic mass is 32.2. The van der Waals surface area contributed by atoms with Crippen LogP contribution in [0.5, 0.6) is 0 Å². The van der Waals surface area contributed by atoms with Crippen LogP contribution in [0.4, 0.5) is 0 Å². The van der Waals surface area contributed by atoms with Gasteiger partial charge in [-0.3, -0.25) is 4.79 Å². The van der Waals surface area contributed by atoms with Gasteiger partial charge in [-0.2, -0.15) is 11.8 Å². The minimum Gasteiger partial charge on any atom is -0.480 e. The van der Waals surface area contributed by atoms with Crippen molar-refractivity contribution in [3.05, 3.63) is 0 Å². The van der Waals surface area contributed by atoms with Crippen molar-refractivity contribution in [1.82, 2.24) is 0 Å². The van der Waals surface area contributed by atoms with Gasteiger partial charge in [-0.25, -0.2) is 0 Å². The number of aliphatic carboxylic acids is 1. The first kappa shape index (κ1) is 13.8. The van der Waals surface area contributed by atoms with E-state index in [9.17, 15) is 4.79 Å². The standard InChI is InChI=1S/C10H21NO2S/c1-8(2)4-3-6-14-7-5-9(11)10(12)13/h8-9H,3-7,11H2,1-2H3,(H,12,13)/t9-/m0/s1. The molecule has 0 bridgehead atoms. The van der Waals surface area contributed by atoms with Crippen LogP contribution in [0.1, 0.15) is 33.1 Å². The van der Waals surface area contributed by atoms with E-state index in [1.54, 1.807) is 11.8 Å². The molecule has 0 saturated heterocycles. The lowest BCUT2D eigenvalue weighted by molar-refractivity contribution is -0.138. The summed E-state index contributed by atoms with van der Waals surface area (Å²) in [4.78, 5) is 10.4. The predicted octanol–water partition coefficient (Wildman–Crippen LogP) is 1.96. The minimum atomic E-state index is -0.896. The molecule has 0 rings (SSSR count). The maximum atomic E-state index is 10.4. The van der Waals surface area contributed by atoms with Gasteiger partial charge in [0.15, 0.2) is 0 Å². The summed E-state index contributed by atoms with van der Waals surface area (Å²) in [7, 11) is 0. The summed E-state index contributed by atoms with van der Waals surface area (Å²) < 4.78 is 0. The van der Waals surface area contributed by atoms with Crippen LogP contribution in [0.15, 0.2) is 0 Å². The number of thioether (sulfide) groups is 1. The zero-order valence-corrected chi connectivity index (χ0v) is 9.85. The third-order valence-corrected chi connectivity index (χ3v) is 3.06. The molecule has 0 aromatic rings. The molecule has 3 N–H and O–H groups in total. The predicted molar refractivity (Wildman–Crippen MR) is 61.6 cm³/mol. The fraction of sp³-hybridized carbons (Fsp3) is 0.900. The van der Waals surface area contributed by atoms with Gasteiger partial charge in [0.05, 0.1) is 0 Å². The van der Waals surface area contributed by atoms with E-state index in [2.05, 4.69) is 13.8 Å².